The van der Waals surface area contributed by atoms with Gasteiger partial charge in [-0.05, 0) is 73.0 Å². The summed E-state index contributed by atoms with van der Waals surface area (Å²) in [7, 11) is 0. The highest BCUT2D eigenvalue weighted by Gasteiger charge is 2.36. The van der Waals surface area contributed by atoms with Gasteiger partial charge in [-0.3, -0.25) is 19.3 Å². The Bertz CT molecular complexity index is 1560. The largest absolute Gasteiger partial charge is 0.325 e. The molecule has 1 aliphatic rings. The van der Waals surface area contributed by atoms with E-state index in [0.717, 1.165) is 54.5 Å². The van der Waals surface area contributed by atoms with Crippen LogP contribution in [0.3, 0.4) is 0 Å². The van der Waals surface area contributed by atoms with E-state index < -0.39 is 17.1 Å². The zero-order valence-corrected chi connectivity index (χ0v) is 22.0. The smallest absolute Gasteiger partial charge is 0.294 e. The first-order chi connectivity index (χ1) is 17.3. The van der Waals surface area contributed by atoms with Crippen molar-refractivity contribution in [1.29, 1.82) is 0 Å². The van der Waals surface area contributed by atoms with Crippen LogP contribution in [0.15, 0.2) is 82.2 Å². The summed E-state index contributed by atoms with van der Waals surface area (Å²) in [5, 5.41) is 4.47. The van der Waals surface area contributed by atoms with E-state index in [4.69, 9.17) is 0 Å². The molecule has 0 radical (unpaired) electrons. The number of nitrogens with zero attached hydrogens (tertiary/aromatic N) is 2. The molecule has 0 spiro atoms. The summed E-state index contributed by atoms with van der Waals surface area (Å²) in [6.45, 7) is 3.68. The summed E-state index contributed by atoms with van der Waals surface area (Å²) in [6.07, 6.45) is 1.74. The van der Waals surface area contributed by atoms with E-state index in [1.807, 2.05) is 44.2 Å². The number of hydrogen-bond acceptors (Lipinski definition) is 4. The van der Waals surface area contributed by atoms with E-state index in [1.165, 1.54) is 0 Å². The summed E-state index contributed by atoms with van der Waals surface area (Å²) >= 11 is 4.49. The lowest BCUT2D eigenvalue weighted by Crippen LogP contribution is -2.36. The van der Waals surface area contributed by atoms with Crippen molar-refractivity contribution in [2.75, 3.05) is 11.9 Å². The first-order valence-corrected chi connectivity index (χ1v) is 12.9. The molecule has 0 aliphatic carbocycles. The van der Waals surface area contributed by atoms with Gasteiger partial charge in [-0.1, -0.05) is 58.4 Å². The normalized spacial score (nSPS) is 14.8. The predicted octanol–water partition coefficient (Wildman–Crippen LogP) is 6.68. The first kappa shape index (κ1) is 24.1. The first-order valence-electron chi connectivity index (χ1n) is 11.3. The molecular weight excluding hydrogens is 538 g/mol. The zero-order chi connectivity index (χ0) is 25.4. The number of thioether (sulfide) groups is 1. The van der Waals surface area contributed by atoms with Crippen molar-refractivity contribution in [1.82, 2.24) is 9.47 Å². The van der Waals surface area contributed by atoms with E-state index in [9.17, 15) is 14.4 Å². The molecule has 4 aromatic rings. The molecule has 2 heterocycles. The van der Waals surface area contributed by atoms with Crippen LogP contribution in [0.4, 0.5) is 10.5 Å². The van der Waals surface area contributed by atoms with Crippen molar-refractivity contribution < 1.29 is 14.4 Å². The van der Waals surface area contributed by atoms with Crippen LogP contribution in [0.25, 0.3) is 22.5 Å². The second-order valence-corrected chi connectivity index (χ2v) is 10.3. The van der Waals surface area contributed by atoms with E-state index in [-0.39, 0.29) is 6.54 Å². The van der Waals surface area contributed by atoms with E-state index in [0.29, 0.717) is 10.6 Å². The maximum absolute atomic E-state index is 13.0. The monoisotopic (exact) mass is 559 g/mol. The SMILES string of the molecule is Cc1cc(/C=C2\SC(=O)N(CC(=O)Nc3ccccc3)C2=O)c(C)n1-c1ccc(Br)c2ccccc12. The molecule has 36 heavy (non-hydrogen) atoms. The Kier molecular flexibility index (Phi) is 6.55. The third kappa shape index (κ3) is 4.50. The summed E-state index contributed by atoms with van der Waals surface area (Å²) in [5.41, 5.74) is 4.45. The Morgan fingerprint density at radius 2 is 1.67 bits per heavy atom. The van der Waals surface area contributed by atoms with Gasteiger partial charge in [-0.25, -0.2) is 0 Å². The van der Waals surface area contributed by atoms with Crippen LogP contribution in [-0.2, 0) is 9.59 Å². The number of carbonyl (C=O) groups is 3. The highest BCUT2D eigenvalue weighted by Crippen LogP contribution is 2.35. The third-order valence-electron chi connectivity index (χ3n) is 6.08. The fourth-order valence-electron chi connectivity index (χ4n) is 4.39. The second-order valence-electron chi connectivity index (χ2n) is 8.46. The van der Waals surface area contributed by atoms with Crippen LogP contribution in [0.1, 0.15) is 17.0 Å². The molecule has 1 N–H and O–H groups in total. The van der Waals surface area contributed by atoms with Gasteiger partial charge in [0.05, 0.1) is 10.6 Å². The molecular formula is C28H22BrN3O3S. The second kappa shape index (κ2) is 9.79. The number of anilines is 1. The number of amides is 3. The number of hydrogen-bond donors (Lipinski definition) is 1. The van der Waals surface area contributed by atoms with Gasteiger partial charge in [0, 0.05) is 26.9 Å². The van der Waals surface area contributed by atoms with Gasteiger partial charge in [0.25, 0.3) is 11.1 Å². The lowest BCUT2D eigenvalue weighted by molar-refractivity contribution is -0.127. The molecule has 5 rings (SSSR count). The summed E-state index contributed by atoms with van der Waals surface area (Å²) in [6, 6.07) is 23.2. The lowest BCUT2D eigenvalue weighted by Gasteiger charge is -2.14. The molecule has 0 atom stereocenters. The predicted molar refractivity (Wildman–Crippen MR) is 148 cm³/mol. The number of fused-ring (bicyclic) bond motifs is 1. The molecule has 1 saturated heterocycles. The van der Waals surface area contributed by atoms with Crippen molar-refractivity contribution in [2.24, 2.45) is 0 Å². The molecule has 0 saturated carbocycles. The minimum Gasteiger partial charge on any atom is -0.325 e. The minimum atomic E-state index is -0.466. The van der Waals surface area contributed by atoms with Crippen LogP contribution >= 0.6 is 27.7 Å². The molecule has 0 unspecified atom stereocenters. The quantitative estimate of drug-likeness (QED) is 0.276. The van der Waals surface area contributed by atoms with Crippen molar-refractivity contribution >= 4 is 67.3 Å². The van der Waals surface area contributed by atoms with Gasteiger partial charge in [-0.15, -0.1) is 0 Å². The Morgan fingerprint density at radius 1 is 0.972 bits per heavy atom. The fourth-order valence-corrected chi connectivity index (χ4v) is 5.70. The number of rotatable bonds is 5. The Balaban J connectivity index is 1.42. The Hall–Kier alpha value is -3.62. The van der Waals surface area contributed by atoms with Crippen molar-refractivity contribution in [2.45, 2.75) is 13.8 Å². The average molecular weight is 560 g/mol. The molecule has 6 nitrogen and oxygen atoms in total. The lowest BCUT2D eigenvalue weighted by atomic mass is 10.1. The summed E-state index contributed by atoms with van der Waals surface area (Å²) in [4.78, 5) is 39.3. The van der Waals surface area contributed by atoms with E-state index in [1.54, 1.807) is 30.3 Å². The summed E-state index contributed by atoms with van der Waals surface area (Å²) < 4.78 is 3.17. The number of benzene rings is 3. The highest BCUT2D eigenvalue weighted by molar-refractivity contribution is 9.10. The number of nitrogens with one attached hydrogen (secondary N) is 1. The Labute approximate surface area is 221 Å². The van der Waals surface area contributed by atoms with Gasteiger partial charge in [0.2, 0.25) is 5.91 Å². The topological polar surface area (TPSA) is 71.4 Å². The van der Waals surface area contributed by atoms with Crippen molar-refractivity contribution in [3.63, 3.8) is 0 Å². The number of carbonyl (C=O) groups excluding carboxylic acids is 3. The number of imide groups is 1. The molecule has 1 aliphatic heterocycles. The fraction of sp³-hybridized carbons (Fsp3) is 0.107. The van der Waals surface area contributed by atoms with Crippen molar-refractivity contribution in [3.05, 3.63) is 99.1 Å². The van der Waals surface area contributed by atoms with Gasteiger partial charge < -0.3 is 9.88 Å². The number of halogens is 1. The molecule has 1 fully saturated rings. The third-order valence-corrected chi connectivity index (χ3v) is 7.68. The maximum atomic E-state index is 13.0. The van der Waals surface area contributed by atoms with Crippen LogP contribution < -0.4 is 5.32 Å². The molecule has 180 valence electrons. The molecule has 8 heteroatoms. The minimum absolute atomic E-state index is 0.299. The van der Waals surface area contributed by atoms with Gasteiger partial charge >= 0.3 is 0 Å². The highest BCUT2D eigenvalue weighted by atomic mass is 79.9. The van der Waals surface area contributed by atoms with Crippen molar-refractivity contribution in [3.8, 4) is 5.69 Å². The molecule has 1 aromatic heterocycles. The standard InChI is InChI=1S/C28H22BrN3O3S/c1-17-14-19(18(2)32(17)24-13-12-23(29)21-10-6-7-11-22(21)24)15-25-27(34)31(28(35)36-25)16-26(33)30-20-8-4-3-5-9-20/h3-15H,16H2,1-2H3,(H,30,33)/b25-15-. The maximum Gasteiger partial charge on any atom is 0.294 e. The van der Waals surface area contributed by atoms with Crippen LogP contribution in [0.2, 0.25) is 0 Å². The van der Waals surface area contributed by atoms with Gasteiger partial charge in [0.1, 0.15) is 6.54 Å². The average Bonchev–Trinajstić information content (AvgIpc) is 3.29. The number of aryl methyl sites for hydroxylation is 1. The zero-order valence-electron chi connectivity index (χ0n) is 19.6. The number of aromatic nitrogens is 1. The van der Waals surface area contributed by atoms with E-state index >= 15 is 0 Å². The molecule has 3 aromatic carbocycles. The Morgan fingerprint density at radius 3 is 2.42 bits per heavy atom. The molecule has 0 bridgehead atoms. The van der Waals surface area contributed by atoms with E-state index in [2.05, 4.69) is 44.0 Å². The molecule has 3 amide bonds. The van der Waals surface area contributed by atoms with Crippen LogP contribution in [0.5, 0.6) is 0 Å². The van der Waals surface area contributed by atoms with Crippen LogP contribution in [-0.4, -0.2) is 33.1 Å². The summed E-state index contributed by atoms with van der Waals surface area (Å²) in [5.74, 6) is -0.892. The van der Waals surface area contributed by atoms with Gasteiger partial charge in [-0.2, -0.15) is 0 Å². The number of para-hydroxylation sites is 1. The van der Waals surface area contributed by atoms with Gasteiger partial charge in [0.15, 0.2) is 0 Å². The van der Waals surface area contributed by atoms with Crippen LogP contribution in [0, 0.1) is 13.8 Å².